The summed E-state index contributed by atoms with van der Waals surface area (Å²) in [6, 6.07) is 0. The molecule has 4 bridgehead atoms. The molecular formula is C18H19F5O5. The Bertz CT molecular complexity index is 692. The molecule has 0 heterocycles. The highest BCUT2D eigenvalue weighted by molar-refractivity contribution is 6.20. The number of halogens is 5. The van der Waals surface area contributed by atoms with E-state index >= 15 is 0 Å². The van der Waals surface area contributed by atoms with Crippen LogP contribution < -0.4 is 0 Å². The van der Waals surface area contributed by atoms with Crippen molar-refractivity contribution >= 4 is 18.2 Å². The smallest absolute Gasteiger partial charge is 0.456 e. The molecule has 4 aliphatic rings. The predicted octanol–water partition coefficient (Wildman–Crippen LogP) is 2.77. The highest BCUT2D eigenvalue weighted by Crippen LogP contribution is 2.69. The molecule has 156 valence electrons. The van der Waals surface area contributed by atoms with Gasteiger partial charge in [0.1, 0.15) is 6.10 Å². The second-order valence-electron chi connectivity index (χ2n) is 8.45. The standard InChI is InChI=1S/C18H19F5O5/c19-17(20,18(21,22)23)6-27-16(26)10-2-7-1-9(10)15-11-3-8(14(7)15)4-12(11)28-13(25)5-24/h5,7-12,14-15H,1-4,6H2. The van der Waals surface area contributed by atoms with E-state index in [9.17, 15) is 36.3 Å². The van der Waals surface area contributed by atoms with Crippen LogP contribution in [0.4, 0.5) is 22.0 Å². The van der Waals surface area contributed by atoms with Gasteiger partial charge in [-0.05, 0) is 61.2 Å². The molecular weight excluding hydrogens is 391 g/mol. The van der Waals surface area contributed by atoms with Gasteiger partial charge >= 0.3 is 24.0 Å². The molecule has 10 heteroatoms. The molecule has 28 heavy (non-hydrogen) atoms. The number of alkyl halides is 5. The maximum atomic E-state index is 13.0. The second kappa shape index (κ2) is 6.38. The molecule has 4 aliphatic carbocycles. The summed E-state index contributed by atoms with van der Waals surface area (Å²) >= 11 is 0. The summed E-state index contributed by atoms with van der Waals surface area (Å²) in [6.07, 6.45) is -3.46. The topological polar surface area (TPSA) is 69.7 Å². The maximum Gasteiger partial charge on any atom is 0.456 e. The summed E-state index contributed by atoms with van der Waals surface area (Å²) in [6.45, 7) is -2.01. The van der Waals surface area contributed by atoms with Crippen LogP contribution in [-0.4, -0.2) is 43.0 Å². The molecule has 4 fully saturated rings. The molecule has 4 saturated carbocycles. The zero-order valence-corrected chi connectivity index (χ0v) is 14.7. The highest BCUT2D eigenvalue weighted by atomic mass is 19.4. The van der Waals surface area contributed by atoms with Crippen LogP contribution in [0.25, 0.3) is 0 Å². The van der Waals surface area contributed by atoms with Gasteiger partial charge in [-0.1, -0.05) is 0 Å². The van der Waals surface area contributed by atoms with Gasteiger partial charge in [0.05, 0.1) is 5.92 Å². The number of ether oxygens (including phenoxy) is 2. The molecule has 8 atom stereocenters. The lowest BCUT2D eigenvalue weighted by molar-refractivity contribution is -0.294. The molecule has 0 aliphatic heterocycles. The fraction of sp³-hybridized carbons (Fsp3) is 0.833. The van der Waals surface area contributed by atoms with E-state index < -0.39 is 42.7 Å². The number of carbonyl (C=O) groups excluding carboxylic acids is 3. The Balaban J connectivity index is 1.41. The normalized spacial score (nSPS) is 41.0. The molecule has 4 rings (SSSR count). The average molecular weight is 410 g/mol. The molecule has 0 aromatic carbocycles. The van der Waals surface area contributed by atoms with Crippen molar-refractivity contribution in [2.24, 2.45) is 41.4 Å². The zero-order chi connectivity index (χ0) is 20.4. The molecule has 0 aromatic rings. The van der Waals surface area contributed by atoms with Gasteiger partial charge in [0.15, 0.2) is 6.61 Å². The fourth-order valence-electron chi connectivity index (χ4n) is 6.48. The molecule has 5 nitrogen and oxygen atoms in total. The highest BCUT2D eigenvalue weighted by Gasteiger charge is 2.67. The van der Waals surface area contributed by atoms with Gasteiger partial charge in [0.2, 0.25) is 6.29 Å². The Morgan fingerprint density at radius 1 is 0.929 bits per heavy atom. The molecule has 0 saturated heterocycles. The minimum absolute atomic E-state index is 0.0129. The van der Waals surface area contributed by atoms with Crippen molar-refractivity contribution < 1.29 is 45.8 Å². The number of esters is 2. The van der Waals surface area contributed by atoms with E-state index in [1.54, 1.807) is 0 Å². The Kier molecular flexibility index (Phi) is 4.46. The summed E-state index contributed by atoms with van der Waals surface area (Å²) in [5.74, 6) is -7.02. The third-order valence-electron chi connectivity index (χ3n) is 7.23. The van der Waals surface area contributed by atoms with Crippen LogP contribution in [0.3, 0.4) is 0 Å². The number of hydrogen-bond acceptors (Lipinski definition) is 5. The average Bonchev–Trinajstić information content (AvgIpc) is 3.36. The Morgan fingerprint density at radius 2 is 1.57 bits per heavy atom. The lowest BCUT2D eigenvalue weighted by atomic mass is 9.67. The predicted molar refractivity (Wildman–Crippen MR) is 80.8 cm³/mol. The summed E-state index contributed by atoms with van der Waals surface area (Å²) in [5.41, 5.74) is 0. The van der Waals surface area contributed by atoms with E-state index in [0.717, 1.165) is 6.42 Å². The van der Waals surface area contributed by atoms with Crippen molar-refractivity contribution in [2.45, 2.75) is 43.9 Å². The summed E-state index contributed by atoms with van der Waals surface area (Å²) in [4.78, 5) is 34.1. The minimum atomic E-state index is -5.77. The number of aldehydes is 1. The molecule has 0 radical (unpaired) electrons. The number of fused-ring (bicyclic) bond motifs is 9. The quantitative estimate of drug-likeness (QED) is 0.229. The van der Waals surface area contributed by atoms with E-state index in [1.807, 2.05) is 0 Å². The fourth-order valence-corrected chi connectivity index (χ4v) is 6.48. The monoisotopic (exact) mass is 410 g/mol. The van der Waals surface area contributed by atoms with Crippen LogP contribution in [0.15, 0.2) is 0 Å². The van der Waals surface area contributed by atoms with Gasteiger partial charge in [-0.3, -0.25) is 9.59 Å². The molecule has 0 N–H and O–H groups in total. The van der Waals surface area contributed by atoms with E-state index in [4.69, 9.17) is 4.74 Å². The van der Waals surface area contributed by atoms with Crippen molar-refractivity contribution in [1.82, 2.24) is 0 Å². The SMILES string of the molecule is O=CC(=O)OC1CC2CC1C1C3CC(CC3C(=O)OCC(F)(F)C(F)(F)F)C21. The molecule has 0 aromatic heterocycles. The maximum absolute atomic E-state index is 13.0. The van der Waals surface area contributed by atoms with E-state index in [-0.39, 0.29) is 30.0 Å². The summed E-state index contributed by atoms with van der Waals surface area (Å²) in [5, 5.41) is 0. The van der Waals surface area contributed by atoms with Crippen molar-refractivity contribution in [3.8, 4) is 0 Å². The Morgan fingerprint density at radius 3 is 2.21 bits per heavy atom. The third kappa shape index (κ3) is 2.90. The van der Waals surface area contributed by atoms with E-state index in [0.29, 0.717) is 31.1 Å². The largest absolute Gasteiger partial charge is 0.459 e. The summed E-state index contributed by atoms with van der Waals surface area (Å²) in [7, 11) is 0. The first-order chi connectivity index (χ1) is 13.0. The Hall–Kier alpha value is -1.74. The van der Waals surface area contributed by atoms with Crippen molar-refractivity contribution in [3.63, 3.8) is 0 Å². The first-order valence-electron chi connectivity index (χ1n) is 9.30. The van der Waals surface area contributed by atoms with Crippen molar-refractivity contribution in [1.29, 1.82) is 0 Å². The van der Waals surface area contributed by atoms with Gasteiger partial charge in [-0.15, -0.1) is 0 Å². The number of hydrogen-bond donors (Lipinski definition) is 0. The third-order valence-corrected chi connectivity index (χ3v) is 7.23. The van der Waals surface area contributed by atoms with Crippen LogP contribution in [0.2, 0.25) is 0 Å². The summed E-state index contributed by atoms with van der Waals surface area (Å²) < 4.78 is 72.4. The van der Waals surface area contributed by atoms with E-state index in [2.05, 4.69) is 4.74 Å². The van der Waals surface area contributed by atoms with Crippen LogP contribution in [0, 0.1) is 41.4 Å². The zero-order valence-electron chi connectivity index (χ0n) is 14.7. The molecule has 0 amide bonds. The van der Waals surface area contributed by atoms with Gasteiger partial charge in [0, 0.05) is 0 Å². The van der Waals surface area contributed by atoms with Gasteiger partial charge in [-0.2, -0.15) is 22.0 Å². The van der Waals surface area contributed by atoms with Gasteiger partial charge in [0.25, 0.3) is 0 Å². The van der Waals surface area contributed by atoms with Crippen LogP contribution in [0.5, 0.6) is 0 Å². The second-order valence-corrected chi connectivity index (χ2v) is 8.45. The van der Waals surface area contributed by atoms with Crippen LogP contribution >= 0.6 is 0 Å². The Labute approximate surface area is 156 Å². The van der Waals surface area contributed by atoms with E-state index in [1.165, 1.54) is 0 Å². The number of rotatable bonds is 5. The van der Waals surface area contributed by atoms with Gasteiger partial charge < -0.3 is 9.47 Å². The van der Waals surface area contributed by atoms with Crippen LogP contribution in [0.1, 0.15) is 25.7 Å². The van der Waals surface area contributed by atoms with Gasteiger partial charge in [-0.25, -0.2) is 4.79 Å². The lowest BCUT2D eigenvalue weighted by Crippen LogP contribution is -2.44. The first kappa shape index (κ1) is 19.6. The van der Waals surface area contributed by atoms with Crippen molar-refractivity contribution in [3.05, 3.63) is 0 Å². The number of carbonyl (C=O) groups is 3. The van der Waals surface area contributed by atoms with Crippen LogP contribution in [-0.2, 0) is 23.9 Å². The lowest BCUT2D eigenvalue weighted by Gasteiger charge is -2.40. The molecule has 0 spiro atoms. The first-order valence-corrected chi connectivity index (χ1v) is 9.30. The van der Waals surface area contributed by atoms with Crippen molar-refractivity contribution in [2.75, 3.05) is 6.61 Å². The minimum Gasteiger partial charge on any atom is -0.459 e. The molecule has 8 unspecified atom stereocenters.